The predicted octanol–water partition coefficient (Wildman–Crippen LogP) is 2.36. The Morgan fingerprint density at radius 3 is 2.35 bits per heavy atom. The summed E-state index contributed by atoms with van der Waals surface area (Å²) in [5.74, 6) is -0.845. The quantitative estimate of drug-likeness (QED) is 0.800. The summed E-state index contributed by atoms with van der Waals surface area (Å²) < 4.78 is 0. The Labute approximate surface area is 118 Å². The monoisotopic (exact) mass is 279 g/mol. The van der Waals surface area contributed by atoms with Crippen molar-refractivity contribution in [2.45, 2.75) is 33.6 Å². The van der Waals surface area contributed by atoms with Crippen molar-refractivity contribution in [1.29, 1.82) is 0 Å². The average molecular weight is 279 g/mol. The van der Waals surface area contributed by atoms with E-state index in [4.69, 9.17) is 0 Å². The summed E-state index contributed by atoms with van der Waals surface area (Å²) in [7, 11) is 0. The number of amides is 1. The van der Waals surface area contributed by atoms with E-state index in [9.17, 15) is 14.7 Å². The number of nitrogens with one attached hydrogen (secondary N) is 1. The molecule has 0 unspecified atom stereocenters. The maximum atomic E-state index is 11.4. The molecule has 0 atom stereocenters. The molecular formula is C14H21N3O3. The zero-order valence-corrected chi connectivity index (χ0v) is 12.1. The minimum Gasteiger partial charge on any atom is -0.478 e. The number of anilines is 2. The van der Waals surface area contributed by atoms with Gasteiger partial charge in [0, 0.05) is 20.0 Å². The third kappa shape index (κ3) is 4.22. The Hall–Kier alpha value is -2.11. The van der Waals surface area contributed by atoms with E-state index in [0.29, 0.717) is 11.5 Å². The highest BCUT2D eigenvalue weighted by Gasteiger charge is 2.18. The molecular weight excluding hydrogens is 258 g/mol. The van der Waals surface area contributed by atoms with E-state index in [1.807, 2.05) is 18.7 Å². The van der Waals surface area contributed by atoms with E-state index in [0.717, 1.165) is 25.9 Å². The van der Waals surface area contributed by atoms with E-state index < -0.39 is 5.97 Å². The van der Waals surface area contributed by atoms with Crippen LogP contribution in [0.2, 0.25) is 0 Å². The second kappa shape index (κ2) is 7.47. The van der Waals surface area contributed by atoms with E-state index in [-0.39, 0.29) is 11.5 Å². The number of pyridine rings is 1. The summed E-state index contributed by atoms with van der Waals surface area (Å²) in [4.78, 5) is 28.6. The van der Waals surface area contributed by atoms with Crippen molar-refractivity contribution in [3.05, 3.63) is 17.8 Å². The standard InChI is InChI=1S/C14H21N3O3/c1-4-6-17(7-5-2)13-12(14(19)20)8-11(9-15-13)16-10(3)18/h8-9H,4-7H2,1-3H3,(H,16,18)(H,19,20). The number of rotatable bonds is 7. The highest BCUT2D eigenvalue weighted by molar-refractivity contribution is 5.96. The first-order valence-corrected chi connectivity index (χ1v) is 6.75. The van der Waals surface area contributed by atoms with Gasteiger partial charge in [-0.2, -0.15) is 0 Å². The second-order valence-corrected chi connectivity index (χ2v) is 4.57. The van der Waals surface area contributed by atoms with Gasteiger partial charge in [-0.05, 0) is 18.9 Å². The molecule has 0 bridgehead atoms. The van der Waals surface area contributed by atoms with Crippen molar-refractivity contribution in [2.24, 2.45) is 0 Å². The molecule has 1 heterocycles. The molecule has 1 aromatic rings. The summed E-state index contributed by atoms with van der Waals surface area (Å²) in [6.45, 7) is 6.94. The van der Waals surface area contributed by atoms with E-state index in [1.165, 1.54) is 19.2 Å². The Balaban J connectivity index is 3.16. The first-order chi connectivity index (χ1) is 9.49. The number of carboxylic acids is 1. The lowest BCUT2D eigenvalue weighted by Crippen LogP contribution is -2.28. The fourth-order valence-electron chi connectivity index (χ4n) is 2.00. The summed E-state index contributed by atoms with van der Waals surface area (Å²) in [5, 5.41) is 11.9. The smallest absolute Gasteiger partial charge is 0.339 e. The number of aromatic nitrogens is 1. The Morgan fingerprint density at radius 1 is 1.30 bits per heavy atom. The van der Waals surface area contributed by atoms with Crippen LogP contribution < -0.4 is 10.2 Å². The van der Waals surface area contributed by atoms with E-state index in [1.54, 1.807) is 0 Å². The van der Waals surface area contributed by atoms with Crippen LogP contribution in [0.15, 0.2) is 12.3 Å². The van der Waals surface area contributed by atoms with Crippen molar-refractivity contribution in [1.82, 2.24) is 4.98 Å². The van der Waals surface area contributed by atoms with Gasteiger partial charge in [0.15, 0.2) is 0 Å². The number of carboxylic acid groups (broad SMARTS) is 1. The lowest BCUT2D eigenvalue weighted by molar-refractivity contribution is -0.114. The molecule has 0 saturated heterocycles. The molecule has 0 radical (unpaired) electrons. The number of carbonyl (C=O) groups is 2. The first kappa shape index (κ1) is 15.9. The van der Waals surface area contributed by atoms with Crippen LogP contribution in [0.25, 0.3) is 0 Å². The van der Waals surface area contributed by atoms with Gasteiger partial charge < -0.3 is 15.3 Å². The fourth-order valence-corrected chi connectivity index (χ4v) is 2.00. The topological polar surface area (TPSA) is 82.5 Å². The number of carbonyl (C=O) groups excluding carboxylic acids is 1. The van der Waals surface area contributed by atoms with Crippen LogP contribution >= 0.6 is 0 Å². The molecule has 0 fully saturated rings. The van der Waals surface area contributed by atoms with Crippen LogP contribution in [0.5, 0.6) is 0 Å². The van der Waals surface area contributed by atoms with Crippen LogP contribution in [0.4, 0.5) is 11.5 Å². The number of nitrogens with zero attached hydrogens (tertiary/aromatic N) is 2. The van der Waals surface area contributed by atoms with Crippen molar-refractivity contribution in [3.63, 3.8) is 0 Å². The van der Waals surface area contributed by atoms with Gasteiger partial charge in [-0.25, -0.2) is 9.78 Å². The Bertz CT molecular complexity index is 483. The van der Waals surface area contributed by atoms with Crippen LogP contribution in [-0.4, -0.2) is 35.1 Å². The van der Waals surface area contributed by atoms with E-state index in [2.05, 4.69) is 10.3 Å². The first-order valence-electron chi connectivity index (χ1n) is 6.75. The van der Waals surface area contributed by atoms with Gasteiger partial charge >= 0.3 is 5.97 Å². The Kier molecular flexibility index (Phi) is 5.96. The van der Waals surface area contributed by atoms with Crippen molar-refractivity contribution in [3.8, 4) is 0 Å². The molecule has 0 spiro atoms. The van der Waals surface area contributed by atoms with Gasteiger partial charge in [0.25, 0.3) is 0 Å². The number of hydrogen-bond acceptors (Lipinski definition) is 4. The summed E-state index contributed by atoms with van der Waals surface area (Å²) in [6, 6.07) is 1.45. The SMILES string of the molecule is CCCN(CCC)c1ncc(NC(C)=O)cc1C(=O)O. The molecule has 20 heavy (non-hydrogen) atoms. The molecule has 0 aliphatic heterocycles. The van der Waals surface area contributed by atoms with Gasteiger partial charge in [0.05, 0.1) is 11.9 Å². The number of aromatic carboxylic acids is 1. The predicted molar refractivity (Wildman–Crippen MR) is 78.3 cm³/mol. The minimum absolute atomic E-state index is 0.109. The van der Waals surface area contributed by atoms with Crippen molar-refractivity contribution >= 4 is 23.4 Å². The summed E-state index contributed by atoms with van der Waals surface area (Å²) >= 11 is 0. The highest BCUT2D eigenvalue weighted by atomic mass is 16.4. The normalized spacial score (nSPS) is 10.2. The summed E-state index contributed by atoms with van der Waals surface area (Å²) in [6.07, 6.45) is 3.31. The van der Waals surface area contributed by atoms with Crippen LogP contribution in [0.1, 0.15) is 44.0 Å². The molecule has 1 aromatic heterocycles. The number of hydrogen-bond donors (Lipinski definition) is 2. The molecule has 0 aliphatic rings. The largest absolute Gasteiger partial charge is 0.478 e. The van der Waals surface area contributed by atoms with E-state index >= 15 is 0 Å². The fraction of sp³-hybridized carbons (Fsp3) is 0.500. The second-order valence-electron chi connectivity index (χ2n) is 4.57. The molecule has 1 amide bonds. The molecule has 110 valence electrons. The van der Waals surface area contributed by atoms with Crippen LogP contribution in [-0.2, 0) is 4.79 Å². The van der Waals surface area contributed by atoms with Crippen molar-refractivity contribution < 1.29 is 14.7 Å². The average Bonchev–Trinajstić information content (AvgIpc) is 2.37. The van der Waals surface area contributed by atoms with Crippen molar-refractivity contribution in [2.75, 3.05) is 23.3 Å². The minimum atomic E-state index is -1.04. The lowest BCUT2D eigenvalue weighted by atomic mass is 10.2. The molecule has 2 N–H and O–H groups in total. The summed E-state index contributed by atoms with van der Waals surface area (Å²) in [5.41, 5.74) is 0.504. The van der Waals surface area contributed by atoms with Gasteiger partial charge in [0.1, 0.15) is 11.4 Å². The van der Waals surface area contributed by atoms with Gasteiger partial charge in [-0.1, -0.05) is 13.8 Å². The lowest BCUT2D eigenvalue weighted by Gasteiger charge is -2.24. The van der Waals surface area contributed by atoms with Gasteiger partial charge in [0.2, 0.25) is 5.91 Å². The van der Waals surface area contributed by atoms with Gasteiger partial charge in [-0.15, -0.1) is 0 Å². The zero-order valence-electron chi connectivity index (χ0n) is 12.1. The molecule has 6 nitrogen and oxygen atoms in total. The zero-order chi connectivity index (χ0) is 15.1. The van der Waals surface area contributed by atoms with Gasteiger partial charge in [-0.3, -0.25) is 4.79 Å². The van der Waals surface area contributed by atoms with Crippen LogP contribution in [0, 0.1) is 0 Å². The van der Waals surface area contributed by atoms with Crippen LogP contribution in [0.3, 0.4) is 0 Å². The maximum Gasteiger partial charge on any atom is 0.339 e. The molecule has 0 aromatic carbocycles. The highest BCUT2D eigenvalue weighted by Crippen LogP contribution is 2.22. The third-order valence-electron chi connectivity index (χ3n) is 2.70. The third-order valence-corrected chi connectivity index (χ3v) is 2.70. The molecule has 0 saturated carbocycles. The molecule has 1 rings (SSSR count). The molecule has 0 aliphatic carbocycles. The molecule has 6 heteroatoms. The maximum absolute atomic E-state index is 11.4. The Morgan fingerprint density at radius 2 is 1.90 bits per heavy atom.